The molecule has 0 aromatic heterocycles. The summed E-state index contributed by atoms with van der Waals surface area (Å²) in [6.45, 7) is 6.27. The third-order valence-electron chi connectivity index (χ3n) is 3.70. The van der Waals surface area contributed by atoms with Crippen LogP contribution in [0.2, 0.25) is 10.0 Å². The lowest BCUT2D eigenvalue weighted by molar-refractivity contribution is 0.588. The van der Waals surface area contributed by atoms with E-state index in [2.05, 4.69) is 19.9 Å². The van der Waals surface area contributed by atoms with E-state index in [9.17, 15) is 4.39 Å². The van der Waals surface area contributed by atoms with Crippen molar-refractivity contribution in [3.63, 3.8) is 0 Å². The quantitative estimate of drug-likeness (QED) is 0.594. The molecule has 0 saturated heterocycles. The van der Waals surface area contributed by atoms with Gasteiger partial charge in [0.25, 0.3) is 0 Å². The minimum atomic E-state index is -0.322. The van der Waals surface area contributed by atoms with Crippen molar-refractivity contribution in [2.75, 3.05) is 0 Å². The predicted octanol–water partition coefficient (Wildman–Crippen LogP) is 6.60. The second-order valence-electron chi connectivity index (χ2n) is 5.80. The summed E-state index contributed by atoms with van der Waals surface area (Å²) in [7, 11) is 0. The van der Waals surface area contributed by atoms with Gasteiger partial charge in [-0.1, -0.05) is 62.2 Å². The molecule has 2 aromatic carbocycles. The third-order valence-corrected chi connectivity index (χ3v) is 4.21. The largest absolute Gasteiger partial charge is 0.205 e. The smallest absolute Gasteiger partial charge is 0.145 e. The summed E-state index contributed by atoms with van der Waals surface area (Å²) in [5.74, 6) is 0.139. The van der Waals surface area contributed by atoms with Crippen LogP contribution in [0.1, 0.15) is 49.3 Å². The first-order valence-electron chi connectivity index (χ1n) is 7.11. The monoisotopic (exact) mass is 324 g/mol. The molecule has 21 heavy (non-hydrogen) atoms. The maximum atomic E-state index is 14.1. The molecule has 2 aromatic rings. The lowest BCUT2D eigenvalue weighted by Crippen LogP contribution is -2.03. The molecule has 1 atom stereocenters. The Labute approximate surface area is 135 Å². The van der Waals surface area contributed by atoms with Crippen molar-refractivity contribution < 1.29 is 4.39 Å². The fourth-order valence-corrected chi connectivity index (χ4v) is 2.94. The molecule has 0 N–H and O–H groups in total. The Hall–Kier alpha value is -1.05. The zero-order valence-electron chi connectivity index (χ0n) is 12.5. The van der Waals surface area contributed by atoms with Gasteiger partial charge in [-0.05, 0) is 53.1 Å². The van der Waals surface area contributed by atoms with Gasteiger partial charge in [0.1, 0.15) is 5.82 Å². The highest BCUT2D eigenvalue weighted by Crippen LogP contribution is 2.29. The van der Waals surface area contributed by atoms with Crippen molar-refractivity contribution in [2.24, 2.45) is 0 Å². The van der Waals surface area contributed by atoms with Gasteiger partial charge in [0.15, 0.2) is 0 Å². The average Bonchev–Trinajstić information content (AvgIpc) is 2.41. The van der Waals surface area contributed by atoms with Gasteiger partial charge in [-0.25, -0.2) is 4.39 Å². The summed E-state index contributed by atoms with van der Waals surface area (Å²) >= 11 is 12.0. The second-order valence-corrected chi connectivity index (χ2v) is 6.64. The molecule has 0 heterocycles. The molecule has 0 aliphatic rings. The number of halogens is 3. The second kappa shape index (κ2) is 6.81. The molecule has 3 heteroatoms. The van der Waals surface area contributed by atoms with E-state index in [4.69, 9.17) is 23.2 Å². The highest BCUT2D eigenvalue weighted by atomic mass is 35.5. The van der Waals surface area contributed by atoms with Crippen LogP contribution in [0.4, 0.5) is 4.39 Å². The molecular formula is C18H19Cl2F. The molecule has 0 aliphatic heterocycles. The van der Waals surface area contributed by atoms with Gasteiger partial charge < -0.3 is 0 Å². The Morgan fingerprint density at radius 2 is 1.76 bits per heavy atom. The Morgan fingerprint density at radius 3 is 2.43 bits per heavy atom. The van der Waals surface area contributed by atoms with Crippen LogP contribution in [0.3, 0.4) is 0 Å². The molecule has 0 bridgehead atoms. The van der Waals surface area contributed by atoms with Gasteiger partial charge in [0, 0.05) is 5.02 Å². The third kappa shape index (κ3) is 3.99. The summed E-state index contributed by atoms with van der Waals surface area (Å²) in [4.78, 5) is 0. The van der Waals surface area contributed by atoms with E-state index in [0.29, 0.717) is 11.5 Å². The summed E-state index contributed by atoms with van der Waals surface area (Å²) in [5, 5.41) is 0.906. The maximum Gasteiger partial charge on any atom is 0.145 e. The number of benzene rings is 2. The predicted molar refractivity (Wildman–Crippen MR) is 89.1 cm³/mol. The fraction of sp³-hybridized carbons (Fsp3) is 0.333. The zero-order valence-corrected chi connectivity index (χ0v) is 14.0. The Balaban J connectivity index is 2.27. The minimum Gasteiger partial charge on any atom is -0.205 e. The van der Waals surface area contributed by atoms with Crippen LogP contribution in [0.25, 0.3) is 0 Å². The standard InChI is InChI=1S/C18H19Cl2F/c1-11(2)14-8-13(9-15(19)10-14)7-12(3)16-5-4-6-17(20)18(16)21/h4-6,8-12H,7H2,1-3H3. The molecule has 0 spiro atoms. The van der Waals surface area contributed by atoms with Crippen LogP contribution >= 0.6 is 23.2 Å². The molecule has 0 amide bonds. The van der Waals surface area contributed by atoms with Crippen LogP contribution in [-0.4, -0.2) is 0 Å². The number of hydrogen-bond donors (Lipinski definition) is 0. The first-order chi connectivity index (χ1) is 9.88. The molecule has 2 rings (SSSR count). The van der Waals surface area contributed by atoms with Crippen LogP contribution in [0.15, 0.2) is 36.4 Å². The highest BCUT2D eigenvalue weighted by Gasteiger charge is 2.15. The summed E-state index contributed by atoms with van der Waals surface area (Å²) in [6, 6.07) is 11.2. The molecule has 0 saturated carbocycles. The van der Waals surface area contributed by atoms with E-state index in [0.717, 1.165) is 17.0 Å². The summed E-state index contributed by atoms with van der Waals surface area (Å²) in [6.07, 6.45) is 0.734. The fourth-order valence-electron chi connectivity index (χ4n) is 2.49. The van der Waals surface area contributed by atoms with Crippen LogP contribution in [0, 0.1) is 5.82 Å². The number of hydrogen-bond acceptors (Lipinski definition) is 0. The van der Waals surface area contributed by atoms with Crippen molar-refractivity contribution in [2.45, 2.75) is 39.0 Å². The van der Waals surface area contributed by atoms with Gasteiger partial charge in [0.05, 0.1) is 5.02 Å². The highest BCUT2D eigenvalue weighted by molar-refractivity contribution is 6.31. The van der Waals surface area contributed by atoms with E-state index in [-0.39, 0.29) is 16.8 Å². The molecule has 0 fully saturated rings. The summed E-state index contributed by atoms with van der Waals surface area (Å²) < 4.78 is 14.1. The van der Waals surface area contributed by atoms with Crippen molar-refractivity contribution in [1.29, 1.82) is 0 Å². The molecule has 1 unspecified atom stereocenters. The molecule has 0 nitrogen and oxygen atoms in total. The first kappa shape index (κ1) is 16.3. The van der Waals surface area contributed by atoms with Crippen molar-refractivity contribution >= 4 is 23.2 Å². The zero-order chi connectivity index (χ0) is 15.6. The Kier molecular flexibility index (Phi) is 5.29. The maximum absolute atomic E-state index is 14.1. The molecular weight excluding hydrogens is 306 g/mol. The summed E-state index contributed by atoms with van der Waals surface area (Å²) in [5.41, 5.74) is 2.97. The van der Waals surface area contributed by atoms with Gasteiger partial charge in [-0.3, -0.25) is 0 Å². The average molecular weight is 325 g/mol. The molecule has 112 valence electrons. The normalized spacial score (nSPS) is 12.7. The van der Waals surface area contributed by atoms with Crippen LogP contribution in [-0.2, 0) is 6.42 Å². The first-order valence-corrected chi connectivity index (χ1v) is 7.87. The van der Waals surface area contributed by atoms with Crippen molar-refractivity contribution in [1.82, 2.24) is 0 Å². The van der Waals surface area contributed by atoms with E-state index < -0.39 is 0 Å². The lowest BCUT2D eigenvalue weighted by atomic mass is 9.91. The van der Waals surface area contributed by atoms with Crippen molar-refractivity contribution in [3.8, 4) is 0 Å². The number of rotatable bonds is 4. The topological polar surface area (TPSA) is 0 Å². The lowest BCUT2D eigenvalue weighted by Gasteiger charge is -2.15. The molecule has 0 radical (unpaired) electrons. The van der Waals surface area contributed by atoms with E-state index in [1.165, 1.54) is 5.56 Å². The van der Waals surface area contributed by atoms with E-state index in [1.54, 1.807) is 18.2 Å². The van der Waals surface area contributed by atoms with Gasteiger partial charge in [0.2, 0.25) is 0 Å². The van der Waals surface area contributed by atoms with Crippen molar-refractivity contribution in [3.05, 3.63) is 69.0 Å². The van der Waals surface area contributed by atoms with E-state index >= 15 is 0 Å². The van der Waals surface area contributed by atoms with Crippen LogP contribution in [0.5, 0.6) is 0 Å². The SMILES string of the molecule is CC(C)c1cc(Cl)cc(CC(C)c2cccc(Cl)c2F)c1. The van der Waals surface area contributed by atoms with Gasteiger partial charge >= 0.3 is 0 Å². The molecule has 0 aliphatic carbocycles. The Morgan fingerprint density at radius 1 is 1.05 bits per heavy atom. The van der Waals surface area contributed by atoms with Gasteiger partial charge in [-0.2, -0.15) is 0 Å². The Bertz CT molecular complexity index is 635. The minimum absolute atomic E-state index is 0.0437. The van der Waals surface area contributed by atoms with Gasteiger partial charge in [-0.15, -0.1) is 0 Å². The van der Waals surface area contributed by atoms with E-state index in [1.807, 2.05) is 19.1 Å². The van der Waals surface area contributed by atoms with Crippen LogP contribution < -0.4 is 0 Å².